The molecule has 4 aromatic rings. The monoisotopic (exact) mass is 486 g/mol. The van der Waals surface area contributed by atoms with Crippen LogP contribution in [0, 0.1) is 5.82 Å². The zero-order valence-corrected chi connectivity index (χ0v) is 19.0. The van der Waals surface area contributed by atoms with Crippen LogP contribution < -0.4 is 5.32 Å². The van der Waals surface area contributed by atoms with Crippen LogP contribution in [0.1, 0.15) is 11.1 Å². The number of hydrogen-bond donors (Lipinski definition) is 1. The molecule has 0 spiro atoms. The number of nitrogens with one attached hydrogen (secondary N) is 1. The molecular formula is C23H17Cl2FN4OS. The largest absolute Gasteiger partial charge is 0.325 e. The van der Waals surface area contributed by atoms with Crippen LogP contribution in [0.25, 0.3) is 0 Å². The molecule has 1 N–H and O–H groups in total. The smallest absolute Gasteiger partial charge is 0.243 e. The van der Waals surface area contributed by atoms with Gasteiger partial charge in [-0.05, 0) is 70.9 Å². The second-order valence-electron chi connectivity index (χ2n) is 6.90. The second-order valence-corrected chi connectivity index (χ2v) is 8.68. The molecule has 162 valence electrons. The highest BCUT2D eigenvalue weighted by Gasteiger charge is 2.15. The summed E-state index contributed by atoms with van der Waals surface area (Å²) in [5.74, 6) is -0.618. The third kappa shape index (κ3) is 5.88. The van der Waals surface area contributed by atoms with Gasteiger partial charge in [-0.1, -0.05) is 48.0 Å². The van der Waals surface area contributed by atoms with Crippen molar-refractivity contribution in [2.75, 3.05) is 5.32 Å². The van der Waals surface area contributed by atoms with Crippen molar-refractivity contribution >= 4 is 46.6 Å². The Bertz CT molecular complexity index is 1250. The van der Waals surface area contributed by atoms with E-state index in [-0.39, 0.29) is 23.4 Å². The van der Waals surface area contributed by atoms with Gasteiger partial charge in [-0.25, -0.2) is 9.07 Å². The fourth-order valence-electron chi connectivity index (χ4n) is 3.03. The Morgan fingerprint density at radius 1 is 1.00 bits per heavy atom. The molecule has 1 heterocycles. The highest BCUT2D eigenvalue weighted by Crippen LogP contribution is 2.33. The zero-order valence-electron chi connectivity index (χ0n) is 16.6. The van der Waals surface area contributed by atoms with E-state index < -0.39 is 0 Å². The van der Waals surface area contributed by atoms with Gasteiger partial charge in [-0.2, -0.15) is 4.98 Å². The average Bonchev–Trinajstić information content (AvgIpc) is 3.09. The standard InChI is InChI=1S/C23H17Cl2FN4OS/c24-17-10-8-15(9-11-17)14-30-23(28-22(25)29-30)32-20-7-2-1-6-19(20)27-21(31)13-16-4-3-5-18(26)12-16/h1-12H,13-14H2,(H,27,31). The van der Waals surface area contributed by atoms with Crippen molar-refractivity contribution in [2.24, 2.45) is 0 Å². The first-order valence-corrected chi connectivity index (χ1v) is 11.2. The van der Waals surface area contributed by atoms with E-state index in [2.05, 4.69) is 15.4 Å². The van der Waals surface area contributed by atoms with Gasteiger partial charge < -0.3 is 5.32 Å². The third-order valence-electron chi connectivity index (χ3n) is 4.47. The Morgan fingerprint density at radius 2 is 1.78 bits per heavy atom. The second kappa shape index (κ2) is 10.2. The first kappa shape index (κ1) is 22.3. The predicted molar refractivity (Wildman–Crippen MR) is 125 cm³/mol. The van der Waals surface area contributed by atoms with Crippen LogP contribution in [0.3, 0.4) is 0 Å². The lowest BCUT2D eigenvalue weighted by Gasteiger charge is -2.11. The molecule has 0 aliphatic rings. The van der Waals surface area contributed by atoms with Gasteiger partial charge in [0.1, 0.15) is 5.82 Å². The van der Waals surface area contributed by atoms with E-state index >= 15 is 0 Å². The molecule has 0 unspecified atom stereocenters. The molecule has 4 rings (SSSR count). The lowest BCUT2D eigenvalue weighted by atomic mass is 10.1. The van der Waals surface area contributed by atoms with Crippen molar-refractivity contribution in [3.05, 3.63) is 100 Å². The summed E-state index contributed by atoms with van der Waals surface area (Å²) < 4.78 is 15.1. The summed E-state index contributed by atoms with van der Waals surface area (Å²) in [6, 6.07) is 20.8. The van der Waals surface area contributed by atoms with Crippen molar-refractivity contribution in [3.8, 4) is 0 Å². The Morgan fingerprint density at radius 3 is 2.56 bits per heavy atom. The SMILES string of the molecule is O=C(Cc1cccc(F)c1)Nc1ccccc1Sc1nc(Cl)nn1Cc1ccc(Cl)cc1. The molecule has 0 radical (unpaired) electrons. The lowest BCUT2D eigenvalue weighted by molar-refractivity contribution is -0.115. The number of benzene rings is 3. The van der Waals surface area contributed by atoms with E-state index in [1.807, 2.05) is 42.5 Å². The van der Waals surface area contributed by atoms with Crippen LogP contribution >= 0.6 is 35.0 Å². The van der Waals surface area contributed by atoms with Gasteiger partial charge in [-0.15, -0.1) is 5.10 Å². The van der Waals surface area contributed by atoms with Crippen LogP contribution in [-0.4, -0.2) is 20.7 Å². The number of rotatable bonds is 7. The minimum atomic E-state index is -0.372. The molecule has 0 aliphatic heterocycles. The highest BCUT2D eigenvalue weighted by atomic mass is 35.5. The summed E-state index contributed by atoms with van der Waals surface area (Å²) in [4.78, 5) is 17.6. The number of carbonyl (C=O) groups excluding carboxylic acids is 1. The molecule has 32 heavy (non-hydrogen) atoms. The van der Waals surface area contributed by atoms with E-state index in [0.717, 1.165) is 10.5 Å². The van der Waals surface area contributed by atoms with Crippen molar-refractivity contribution in [1.29, 1.82) is 0 Å². The molecule has 0 saturated heterocycles. The number of anilines is 1. The maximum Gasteiger partial charge on any atom is 0.243 e. The van der Waals surface area contributed by atoms with Crippen molar-refractivity contribution in [3.63, 3.8) is 0 Å². The van der Waals surface area contributed by atoms with Gasteiger partial charge in [0.2, 0.25) is 11.2 Å². The Kier molecular flexibility index (Phi) is 7.09. The molecule has 1 amide bonds. The van der Waals surface area contributed by atoms with Crippen molar-refractivity contribution < 1.29 is 9.18 Å². The minimum absolute atomic E-state index is 0.0648. The van der Waals surface area contributed by atoms with Gasteiger partial charge in [0, 0.05) is 9.92 Å². The summed E-state index contributed by atoms with van der Waals surface area (Å²) in [6.45, 7) is 0.466. The van der Waals surface area contributed by atoms with Gasteiger partial charge in [-0.3, -0.25) is 4.79 Å². The molecule has 0 aliphatic carbocycles. The fraction of sp³-hybridized carbons (Fsp3) is 0.0870. The molecule has 0 bridgehead atoms. The Balaban J connectivity index is 1.51. The van der Waals surface area contributed by atoms with E-state index in [1.165, 1.54) is 23.9 Å². The molecule has 0 fully saturated rings. The molecule has 0 atom stereocenters. The number of aromatic nitrogens is 3. The van der Waals surface area contributed by atoms with Crippen LogP contribution in [0.2, 0.25) is 10.3 Å². The normalized spacial score (nSPS) is 10.8. The molecule has 3 aromatic carbocycles. The molecule has 9 heteroatoms. The number of carbonyl (C=O) groups is 1. The third-order valence-corrected chi connectivity index (χ3v) is 5.95. The number of hydrogen-bond acceptors (Lipinski definition) is 4. The minimum Gasteiger partial charge on any atom is -0.325 e. The molecule has 1 aromatic heterocycles. The summed E-state index contributed by atoms with van der Waals surface area (Å²) in [7, 11) is 0. The Labute approximate surface area is 198 Å². The Hall–Kier alpha value is -2.87. The number of halogens is 3. The number of para-hydroxylation sites is 1. The molecular weight excluding hydrogens is 470 g/mol. The molecule has 5 nitrogen and oxygen atoms in total. The zero-order chi connectivity index (χ0) is 22.5. The van der Waals surface area contributed by atoms with Crippen LogP contribution in [0.5, 0.6) is 0 Å². The first-order valence-electron chi connectivity index (χ1n) is 9.62. The fourth-order valence-corrected chi connectivity index (χ4v) is 4.29. The predicted octanol–water partition coefficient (Wildman–Crippen LogP) is 6.10. The highest BCUT2D eigenvalue weighted by molar-refractivity contribution is 7.99. The maximum atomic E-state index is 13.4. The van der Waals surface area contributed by atoms with Crippen LogP contribution in [0.15, 0.2) is 82.8 Å². The van der Waals surface area contributed by atoms with E-state index in [1.54, 1.807) is 22.9 Å². The van der Waals surface area contributed by atoms with Crippen molar-refractivity contribution in [1.82, 2.24) is 14.8 Å². The van der Waals surface area contributed by atoms with E-state index in [4.69, 9.17) is 23.2 Å². The first-order chi connectivity index (χ1) is 15.5. The van der Waals surface area contributed by atoms with Crippen LogP contribution in [-0.2, 0) is 17.8 Å². The van der Waals surface area contributed by atoms with Crippen LogP contribution in [0.4, 0.5) is 10.1 Å². The quantitative estimate of drug-likeness (QED) is 0.342. The van der Waals surface area contributed by atoms with Gasteiger partial charge in [0.25, 0.3) is 0 Å². The van der Waals surface area contributed by atoms with E-state index in [0.29, 0.717) is 28.0 Å². The summed E-state index contributed by atoms with van der Waals surface area (Å²) in [6.07, 6.45) is 0.0648. The summed E-state index contributed by atoms with van der Waals surface area (Å²) >= 11 is 13.4. The van der Waals surface area contributed by atoms with E-state index in [9.17, 15) is 9.18 Å². The maximum absolute atomic E-state index is 13.4. The van der Waals surface area contributed by atoms with Gasteiger partial charge in [0.05, 0.1) is 18.7 Å². The van der Waals surface area contributed by atoms with Gasteiger partial charge in [0.15, 0.2) is 5.16 Å². The summed E-state index contributed by atoms with van der Waals surface area (Å²) in [5.41, 5.74) is 2.22. The average molecular weight is 487 g/mol. The van der Waals surface area contributed by atoms with Gasteiger partial charge >= 0.3 is 0 Å². The number of nitrogens with zero attached hydrogens (tertiary/aromatic N) is 3. The van der Waals surface area contributed by atoms with Crippen molar-refractivity contribution in [2.45, 2.75) is 23.0 Å². The molecule has 0 saturated carbocycles. The lowest BCUT2D eigenvalue weighted by Crippen LogP contribution is -2.15. The number of amides is 1. The topological polar surface area (TPSA) is 59.8 Å². The summed E-state index contributed by atoms with van der Waals surface area (Å²) in [5, 5.41) is 8.54.